The molecule has 0 radical (unpaired) electrons. The molecule has 0 aliphatic carbocycles. The monoisotopic (exact) mass is 887 g/mol. The Hall–Kier alpha value is -3.44. The molecule has 0 spiro atoms. The summed E-state index contributed by atoms with van der Waals surface area (Å²) in [5.41, 5.74) is 0. The Labute approximate surface area is 395 Å². The summed E-state index contributed by atoms with van der Waals surface area (Å²) < 4.78 is 17.4. The minimum Gasteiger partial charge on any atom is -0.462 e. The van der Waals surface area contributed by atoms with Gasteiger partial charge in [0.1, 0.15) is 6.61 Å². The highest BCUT2D eigenvalue weighted by molar-refractivity contribution is 5.70. The molecule has 364 valence electrons. The van der Waals surface area contributed by atoms with Crippen LogP contribution in [0.25, 0.3) is 0 Å². The molecule has 1 atom stereocenters. The van der Waals surface area contributed by atoms with Gasteiger partial charge >= 0.3 is 11.9 Å². The van der Waals surface area contributed by atoms with Gasteiger partial charge in [-0.05, 0) is 122 Å². The normalized spacial score (nSPS) is 13.1. The van der Waals surface area contributed by atoms with Crippen LogP contribution in [0, 0.1) is 0 Å². The van der Waals surface area contributed by atoms with Gasteiger partial charge in [0.15, 0.2) is 6.10 Å². The molecule has 0 aromatic carbocycles. The predicted octanol–water partition coefficient (Wildman–Crippen LogP) is 18.0. The third-order valence-corrected chi connectivity index (χ3v) is 10.8. The molecule has 0 rings (SSSR count). The number of rotatable bonds is 47. The molecular weight excluding hydrogens is 789 g/mol. The minimum absolute atomic E-state index is 0.0554. The molecular formula is C59H98O5. The Balaban J connectivity index is 4.37. The van der Waals surface area contributed by atoms with Gasteiger partial charge in [-0.25, -0.2) is 0 Å². The summed E-state index contributed by atoms with van der Waals surface area (Å²) in [6, 6.07) is 0. The molecule has 0 bridgehead atoms. The van der Waals surface area contributed by atoms with E-state index in [-0.39, 0.29) is 25.2 Å². The second-order valence-electron chi connectivity index (χ2n) is 17.0. The maximum Gasteiger partial charge on any atom is 0.306 e. The fourth-order valence-electron chi connectivity index (χ4n) is 6.90. The number of hydrogen-bond donors (Lipinski definition) is 0. The standard InChI is InChI=1S/C59H98O5/c1-4-7-10-13-16-19-22-25-27-29-30-31-32-35-37-40-43-46-49-52-58(60)63-56-57(64-59(61)53-50-47-44-41-38-34-24-21-18-15-12-9-6-3)55-62-54-51-48-45-42-39-36-33-28-26-23-20-17-14-11-8-5-2/h7-8,10-11,16-17,19-21,24-28,30-31,36,39,57H,4-6,9,12-15,18,22-23,29,32-35,37-38,40-56H2,1-3H3/b10-7-,11-8-,19-16-,20-17-,24-21-,27-25-,28-26-,31-30-,39-36-. The number of allylic oxidation sites excluding steroid dienone is 18. The van der Waals surface area contributed by atoms with Gasteiger partial charge in [0.05, 0.1) is 6.61 Å². The highest BCUT2D eigenvalue weighted by Gasteiger charge is 2.17. The van der Waals surface area contributed by atoms with Gasteiger partial charge < -0.3 is 14.2 Å². The van der Waals surface area contributed by atoms with Gasteiger partial charge in [0.25, 0.3) is 0 Å². The smallest absolute Gasteiger partial charge is 0.306 e. The average Bonchev–Trinajstić information content (AvgIpc) is 3.30. The molecule has 0 aromatic heterocycles. The molecule has 0 fully saturated rings. The van der Waals surface area contributed by atoms with Crippen molar-refractivity contribution >= 4 is 11.9 Å². The fourth-order valence-corrected chi connectivity index (χ4v) is 6.90. The molecule has 5 heteroatoms. The first kappa shape index (κ1) is 60.6. The van der Waals surface area contributed by atoms with Crippen molar-refractivity contribution in [2.24, 2.45) is 0 Å². The molecule has 0 aromatic rings. The van der Waals surface area contributed by atoms with Crippen LogP contribution in [0.15, 0.2) is 109 Å². The van der Waals surface area contributed by atoms with E-state index in [9.17, 15) is 9.59 Å². The molecule has 0 saturated heterocycles. The highest BCUT2D eigenvalue weighted by atomic mass is 16.6. The zero-order valence-corrected chi connectivity index (χ0v) is 41.8. The molecule has 64 heavy (non-hydrogen) atoms. The van der Waals surface area contributed by atoms with E-state index in [0.717, 1.165) is 128 Å². The highest BCUT2D eigenvalue weighted by Crippen LogP contribution is 2.13. The average molecular weight is 887 g/mol. The van der Waals surface area contributed by atoms with Crippen molar-refractivity contribution in [1.29, 1.82) is 0 Å². The number of carbonyl (C=O) groups is 2. The first-order valence-electron chi connectivity index (χ1n) is 26.4. The van der Waals surface area contributed by atoms with Crippen LogP contribution in [0.3, 0.4) is 0 Å². The van der Waals surface area contributed by atoms with Gasteiger partial charge in [-0.2, -0.15) is 0 Å². The molecule has 5 nitrogen and oxygen atoms in total. The lowest BCUT2D eigenvalue weighted by Crippen LogP contribution is -2.30. The number of hydrogen-bond acceptors (Lipinski definition) is 5. The second kappa shape index (κ2) is 53.9. The van der Waals surface area contributed by atoms with E-state index in [1.54, 1.807) is 0 Å². The minimum atomic E-state index is -0.570. The summed E-state index contributed by atoms with van der Waals surface area (Å²) in [4.78, 5) is 25.4. The number of esters is 2. The molecule has 0 aliphatic rings. The number of unbranched alkanes of at least 4 members (excludes halogenated alkanes) is 18. The topological polar surface area (TPSA) is 61.8 Å². The summed E-state index contributed by atoms with van der Waals surface area (Å²) in [5.74, 6) is -0.446. The van der Waals surface area contributed by atoms with E-state index in [1.165, 1.54) is 64.2 Å². The van der Waals surface area contributed by atoms with Crippen LogP contribution in [0.1, 0.15) is 226 Å². The molecule has 0 heterocycles. The van der Waals surface area contributed by atoms with Gasteiger partial charge in [-0.1, -0.05) is 201 Å². The third-order valence-electron chi connectivity index (χ3n) is 10.8. The Kier molecular flexibility index (Phi) is 51.0. The maximum atomic E-state index is 12.8. The predicted molar refractivity (Wildman–Crippen MR) is 279 cm³/mol. The Morgan fingerprint density at radius 1 is 0.359 bits per heavy atom. The maximum absolute atomic E-state index is 12.8. The summed E-state index contributed by atoms with van der Waals surface area (Å²) in [6.45, 7) is 7.49. The first-order chi connectivity index (χ1) is 31.6. The molecule has 0 saturated carbocycles. The van der Waals surface area contributed by atoms with E-state index in [0.29, 0.717) is 19.4 Å². The van der Waals surface area contributed by atoms with Crippen molar-refractivity contribution in [3.63, 3.8) is 0 Å². The van der Waals surface area contributed by atoms with Crippen LogP contribution in [-0.4, -0.2) is 37.9 Å². The largest absolute Gasteiger partial charge is 0.462 e. The summed E-state index contributed by atoms with van der Waals surface area (Å²) in [7, 11) is 0. The first-order valence-corrected chi connectivity index (χ1v) is 26.4. The molecule has 0 amide bonds. The Bertz CT molecular complexity index is 1280. The lowest BCUT2D eigenvalue weighted by atomic mass is 10.1. The van der Waals surface area contributed by atoms with Crippen molar-refractivity contribution in [3.8, 4) is 0 Å². The number of carbonyl (C=O) groups excluding carboxylic acids is 2. The lowest BCUT2D eigenvalue weighted by Gasteiger charge is -2.18. The summed E-state index contributed by atoms with van der Waals surface area (Å²) >= 11 is 0. The van der Waals surface area contributed by atoms with Gasteiger partial charge in [0.2, 0.25) is 0 Å². The zero-order chi connectivity index (χ0) is 46.3. The van der Waals surface area contributed by atoms with Crippen molar-refractivity contribution in [3.05, 3.63) is 109 Å². The quantitative estimate of drug-likeness (QED) is 0.0346. The SMILES string of the molecule is CC/C=C\C/C=C\C/C=C\C/C=C\CCCCCCCCC(=O)OCC(COCCCCC/C=C\C/C=C\C/C=C\C/C=C\CC)OC(=O)CCCCCCC/C=C\CCCCCC. The van der Waals surface area contributed by atoms with Crippen LogP contribution in [0.4, 0.5) is 0 Å². The van der Waals surface area contributed by atoms with Crippen molar-refractivity contribution in [2.75, 3.05) is 19.8 Å². The van der Waals surface area contributed by atoms with Gasteiger partial charge in [-0.15, -0.1) is 0 Å². The van der Waals surface area contributed by atoms with E-state index < -0.39 is 6.10 Å². The Morgan fingerprint density at radius 3 is 1.14 bits per heavy atom. The lowest BCUT2D eigenvalue weighted by molar-refractivity contribution is -0.163. The molecule has 0 N–H and O–H groups in total. The van der Waals surface area contributed by atoms with Crippen LogP contribution < -0.4 is 0 Å². The van der Waals surface area contributed by atoms with Gasteiger partial charge in [0, 0.05) is 19.4 Å². The third kappa shape index (κ3) is 51.2. The summed E-state index contributed by atoms with van der Waals surface area (Å²) in [5, 5.41) is 0. The van der Waals surface area contributed by atoms with Crippen LogP contribution in [0.5, 0.6) is 0 Å². The van der Waals surface area contributed by atoms with E-state index >= 15 is 0 Å². The van der Waals surface area contributed by atoms with E-state index in [1.807, 2.05) is 0 Å². The van der Waals surface area contributed by atoms with Crippen molar-refractivity contribution < 1.29 is 23.8 Å². The Morgan fingerprint density at radius 2 is 0.703 bits per heavy atom. The summed E-state index contributed by atoms with van der Waals surface area (Å²) in [6.07, 6.45) is 73.8. The van der Waals surface area contributed by atoms with Crippen molar-refractivity contribution in [2.45, 2.75) is 232 Å². The molecule has 1 unspecified atom stereocenters. The second-order valence-corrected chi connectivity index (χ2v) is 17.0. The van der Waals surface area contributed by atoms with Crippen LogP contribution in [-0.2, 0) is 23.8 Å². The van der Waals surface area contributed by atoms with Crippen LogP contribution in [0.2, 0.25) is 0 Å². The fraction of sp³-hybridized carbons (Fsp3) is 0.661. The van der Waals surface area contributed by atoms with E-state index in [2.05, 4.69) is 130 Å². The van der Waals surface area contributed by atoms with Crippen LogP contribution >= 0.6 is 0 Å². The van der Waals surface area contributed by atoms with Crippen molar-refractivity contribution in [1.82, 2.24) is 0 Å². The molecule has 0 aliphatic heterocycles. The number of ether oxygens (including phenoxy) is 3. The zero-order valence-electron chi connectivity index (χ0n) is 41.8. The van der Waals surface area contributed by atoms with Gasteiger partial charge in [-0.3, -0.25) is 9.59 Å². The van der Waals surface area contributed by atoms with E-state index in [4.69, 9.17) is 14.2 Å².